The normalized spacial score (nSPS) is 23.0. The Morgan fingerprint density at radius 2 is 2.05 bits per heavy atom. The number of aliphatic imine (C=N–C) groups is 1. The predicted molar refractivity (Wildman–Crippen MR) is 78.7 cm³/mol. The largest absolute Gasteiger partial charge is 0.394 e. The highest BCUT2D eigenvalue weighted by Gasteiger charge is 2.51. The number of fused-ring (bicyclic) bond motifs is 1. The van der Waals surface area contributed by atoms with Crippen molar-refractivity contribution in [2.24, 2.45) is 4.99 Å². The van der Waals surface area contributed by atoms with Crippen molar-refractivity contribution in [3.05, 3.63) is 0 Å². The van der Waals surface area contributed by atoms with Gasteiger partial charge in [-0.2, -0.15) is 0 Å². The van der Waals surface area contributed by atoms with Crippen LogP contribution in [0.2, 0.25) is 0 Å². The number of hydrogen-bond acceptors (Lipinski definition) is 6. The fourth-order valence-electron chi connectivity index (χ4n) is 2.45. The number of hydrogen-bond donors (Lipinski definition) is 3. The molecule has 2 rings (SSSR count). The monoisotopic (exact) mass is 312 g/mol. The van der Waals surface area contributed by atoms with Crippen LogP contribution in [0.3, 0.4) is 0 Å². The van der Waals surface area contributed by atoms with Crippen molar-refractivity contribution in [3.8, 4) is 0 Å². The summed E-state index contributed by atoms with van der Waals surface area (Å²) in [7, 11) is 2.97. The van der Waals surface area contributed by atoms with E-state index in [0.717, 1.165) is 11.3 Å². The van der Waals surface area contributed by atoms with Gasteiger partial charge in [0, 0.05) is 14.1 Å². The van der Waals surface area contributed by atoms with Crippen LogP contribution in [-0.4, -0.2) is 94.3 Å². The highest BCUT2D eigenvalue weighted by molar-refractivity contribution is 6.22. The Labute approximate surface area is 128 Å². The van der Waals surface area contributed by atoms with E-state index < -0.39 is 30.7 Å². The molecule has 22 heavy (non-hydrogen) atoms. The van der Waals surface area contributed by atoms with Crippen molar-refractivity contribution in [3.63, 3.8) is 0 Å². The topological polar surface area (TPSA) is 108 Å². The minimum Gasteiger partial charge on any atom is -0.394 e. The lowest BCUT2D eigenvalue weighted by atomic mass is 10.1. The average Bonchev–Trinajstić information content (AvgIpc) is 2.87. The van der Waals surface area contributed by atoms with Crippen molar-refractivity contribution >= 4 is 23.7 Å². The number of guanidine groups is 1. The first kappa shape index (κ1) is 16.4. The third-order valence-corrected chi connectivity index (χ3v) is 3.68. The van der Waals surface area contributed by atoms with Gasteiger partial charge in [-0.3, -0.25) is 19.9 Å². The molecule has 2 unspecified atom stereocenters. The van der Waals surface area contributed by atoms with Crippen LogP contribution in [0, 0.1) is 0 Å². The Hall–Kier alpha value is -2.00. The second-order valence-electron chi connectivity index (χ2n) is 5.35. The van der Waals surface area contributed by atoms with Gasteiger partial charge in [-0.05, 0) is 6.42 Å². The molecule has 122 valence electrons. The molecule has 9 nitrogen and oxygen atoms in total. The van der Waals surface area contributed by atoms with Gasteiger partial charge in [0.15, 0.2) is 0 Å². The number of carbonyl (C=O) groups excluding carboxylic acids is 2. The zero-order valence-corrected chi connectivity index (χ0v) is 13.0. The van der Waals surface area contributed by atoms with Gasteiger partial charge in [0.25, 0.3) is 5.91 Å². The molecule has 0 aromatic rings. The summed E-state index contributed by atoms with van der Waals surface area (Å²) in [6, 6.07) is -1.22. The van der Waals surface area contributed by atoms with Crippen molar-refractivity contribution in [2.75, 3.05) is 33.8 Å². The molecule has 0 spiro atoms. The van der Waals surface area contributed by atoms with E-state index in [9.17, 15) is 14.7 Å². The minimum atomic E-state index is -1.01. The van der Waals surface area contributed by atoms with Gasteiger partial charge in [-0.15, -0.1) is 0 Å². The molecule has 2 atom stereocenters. The number of imide groups is 1. The van der Waals surface area contributed by atoms with Gasteiger partial charge < -0.3 is 10.2 Å². The van der Waals surface area contributed by atoms with Crippen LogP contribution >= 0.6 is 0 Å². The predicted octanol–water partition coefficient (Wildman–Crippen LogP) is -1.99. The summed E-state index contributed by atoms with van der Waals surface area (Å²) < 4.78 is 1.59. The molecule has 1 saturated heterocycles. The zero-order valence-electron chi connectivity index (χ0n) is 13.0. The first-order valence-electron chi connectivity index (χ1n) is 7.22. The third-order valence-electron chi connectivity index (χ3n) is 3.68. The van der Waals surface area contributed by atoms with Gasteiger partial charge in [0.1, 0.15) is 6.10 Å². The molecule has 0 bridgehead atoms. The van der Waals surface area contributed by atoms with Gasteiger partial charge >= 0.3 is 12.0 Å². The molecule has 2 aliphatic rings. The maximum atomic E-state index is 12.4. The lowest BCUT2D eigenvalue weighted by Crippen LogP contribution is -2.62. The summed E-state index contributed by atoms with van der Waals surface area (Å²) >= 11 is 0. The fourth-order valence-corrected chi connectivity index (χ4v) is 2.45. The van der Waals surface area contributed by atoms with Gasteiger partial charge in [0.05, 0.1) is 19.7 Å². The fraction of sp³-hybridized carbons (Fsp3) is 0.692. The third kappa shape index (κ3) is 2.69. The van der Waals surface area contributed by atoms with E-state index in [2.05, 4.69) is 10.3 Å². The standard InChI is InChI=1S/C13H21N5O4/c1-4-5-14-12-15-10-9(18(12)6-8(20)7-19)11(21)17(3)13(22)16(10)2/h8-9,19-20H,4-7H2,1-3H3/p+1. The molecule has 0 radical (unpaired) electrons. The molecule has 0 aliphatic carbocycles. The van der Waals surface area contributed by atoms with E-state index in [1.807, 2.05) is 6.92 Å². The van der Waals surface area contributed by atoms with E-state index in [0.29, 0.717) is 18.3 Å². The van der Waals surface area contributed by atoms with Crippen molar-refractivity contribution in [2.45, 2.75) is 25.5 Å². The van der Waals surface area contributed by atoms with Gasteiger partial charge in [-0.1, -0.05) is 11.9 Å². The van der Waals surface area contributed by atoms with E-state index in [1.165, 1.54) is 11.9 Å². The summed E-state index contributed by atoms with van der Waals surface area (Å²) in [6.07, 6.45) is -0.146. The number of nitrogens with one attached hydrogen (secondary N) is 1. The average molecular weight is 312 g/mol. The molecule has 0 aromatic carbocycles. The number of nitrogens with zero attached hydrogens (tertiary/aromatic N) is 4. The molecule has 9 heteroatoms. The SMILES string of the molecule is CCCNC1=[N+](CC(O)CO)C2C(=O)N(C)C(=O)N(C)C2=N1. The lowest BCUT2D eigenvalue weighted by Gasteiger charge is -2.32. The Balaban J connectivity index is 2.38. The highest BCUT2D eigenvalue weighted by Crippen LogP contribution is 2.18. The number of amidine groups is 1. The summed E-state index contributed by atoms with van der Waals surface area (Å²) in [5.41, 5.74) is 0. The summed E-state index contributed by atoms with van der Waals surface area (Å²) in [4.78, 5) is 31.1. The van der Waals surface area contributed by atoms with Crippen LogP contribution in [0.1, 0.15) is 13.3 Å². The smallest absolute Gasteiger partial charge is 0.390 e. The van der Waals surface area contributed by atoms with Crippen molar-refractivity contribution in [1.82, 2.24) is 15.1 Å². The number of urea groups is 1. The minimum absolute atomic E-state index is 0.0435. The van der Waals surface area contributed by atoms with Crippen LogP contribution in [-0.2, 0) is 4.79 Å². The molecule has 0 aromatic heterocycles. The van der Waals surface area contributed by atoms with Gasteiger partial charge in [0.2, 0.25) is 11.9 Å². The van der Waals surface area contributed by atoms with E-state index in [-0.39, 0.29) is 6.54 Å². The molecule has 2 aliphatic heterocycles. The van der Waals surface area contributed by atoms with Crippen molar-refractivity contribution < 1.29 is 24.4 Å². The Morgan fingerprint density at radius 1 is 1.36 bits per heavy atom. The lowest BCUT2D eigenvalue weighted by molar-refractivity contribution is -0.546. The molecule has 0 saturated carbocycles. The van der Waals surface area contributed by atoms with E-state index >= 15 is 0 Å². The molecule has 2 heterocycles. The molecule has 1 fully saturated rings. The molecular formula is C13H22N5O4+. The molecule has 3 amide bonds. The van der Waals surface area contributed by atoms with Crippen molar-refractivity contribution in [1.29, 1.82) is 0 Å². The number of rotatable bonds is 5. The van der Waals surface area contributed by atoms with Crippen LogP contribution in [0.25, 0.3) is 0 Å². The highest BCUT2D eigenvalue weighted by atomic mass is 16.3. The molecule has 3 N–H and O–H groups in total. The van der Waals surface area contributed by atoms with E-state index in [4.69, 9.17) is 5.11 Å². The van der Waals surface area contributed by atoms with E-state index in [1.54, 1.807) is 11.6 Å². The van der Waals surface area contributed by atoms with Crippen LogP contribution in [0.4, 0.5) is 4.79 Å². The second kappa shape index (κ2) is 6.41. The maximum Gasteiger partial charge on any atom is 0.390 e. The number of amides is 3. The van der Waals surface area contributed by atoms with Crippen LogP contribution in [0.15, 0.2) is 4.99 Å². The second-order valence-corrected chi connectivity index (χ2v) is 5.35. The summed E-state index contributed by atoms with van der Waals surface area (Å²) in [5.74, 6) is 0.356. The first-order chi connectivity index (χ1) is 10.4. The Bertz CT molecular complexity index is 545. The number of carbonyl (C=O) groups is 2. The summed E-state index contributed by atoms with van der Waals surface area (Å²) in [6.45, 7) is 2.26. The Morgan fingerprint density at radius 3 is 2.64 bits per heavy atom. The molecular weight excluding hydrogens is 290 g/mol. The van der Waals surface area contributed by atoms with Crippen LogP contribution < -0.4 is 5.32 Å². The maximum absolute atomic E-state index is 12.4. The summed E-state index contributed by atoms with van der Waals surface area (Å²) in [5, 5.41) is 21.9. The first-order valence-corrected chi connectivity index (χ1v) is 7.22. The quantitative estimate of drug-likeness (QED) is 0.510. The van der Waals surface area contributed by atoms with Crippen LogP contribution in [0.5, 0.6) is 0 Å². The van der Waals surface area contributed by atoms with Gasteiger partial charge in [-0.25, -0.2) is 9.37 Å². The Kier molecular flexibility index (Phi) is 4.77. The number of aliphatic hydroxyl groups is 2. The zero-order chi connectivity index (χ0) is 16.4. The number of likely N-dealkylation sites (N-methyl/N-ethyl adjacent to an activating group) is 2. The number of aliphatic hydroxyl groups excluding tert-OH is 2. The number of β-amino-alcohol motifs (C(OH)–C–C–N with tert-alkyl or cyclic N) is 1.